The van der Waals surface area contributed by atoms with Gasteiger partial charge in [0.1, 0.15) is 5.82 Å². The first-order chi connectivity index (χ1) is 12.5. The number of amides is 2. The van der Waals surface area contributed by atoms with E-state index in [-0.39, 0.29) is 24.2 Å². The monoisotopic (exact) mass is 414 g/mol. The van der Waals surface area contributed by atoms with Crippen molar-refractivity contribution < 1.29 is 14.0 Å². The number of thiazole rings is 1. The molecular formula is C18H24ClFN4O2S. The molecule has 1 heterocycles. The predicted octanol–water partition coefficient (Wildman–Crippen LogP) is 4.18. The van der Waals surface area contributed by atoms with Gasteiger partial charge >= 0.3 is 0 Å². The minimum atomic E-state index is -0.487. The summed E-state index contributed by atoms with van der Waals surface area (Å²) in [5, 5.41) is 7.40. The Labute approximate surface area is 168 Å². The molecule has 9 heteroatoms. The molecule has 4 N–H and O–H groups in total. The summed E-state index contributed by atoms with van der Waals surface area (Å²) in [5.41, 5.74) is 6.58. The van der Waals surface area contributed by atoms with Gasteiger partial charge in [0.25, 0.3) is 0 Å². The van der Waals surface area contributed by atoms with Crippen LogP contribution in [0.1, 0.15) is 39.0 Å². The van der Waals surface area contributed by atoms with E-state index >= 15 is 0 Å². The zero-order valence-electron chi connectivity index (χ0n) is 15.1. The Morgan fingerprint density at radius 1 is 1.19 bits per heavy atom. The summed E-state index contributed by atoms with van der Waals surface area (Å²) in [6, 6.07) is 4.41. The number of anilines is 2. The quantitative estimate of drug-likeness (QED) is 0.536. The maximum atomic E-state index is 14.2. The third-order valence-corrected chi connectivity index (χ3v) is 4.43. The largest absolute Gasteiger partial charge is 0.330 e. The summed E-state index contributed by atoms with van der Waals surface area (Å²) < 4.78 is 14.2. The number of nitrogens with two attached hydrogens (primary N) is 1. The highest BCUT2D eigenvalue weighted by Gasteiger charge is 2.12. The molecule has 1 aromatic carbocycles. The van der Waals surface area contributed by atoms with Gasteiger partial charge in [0.05, 0.1) is 5.69 Å². The van der Waals surface area contributed by atoms with Gasteiger partial charge in [0.2, 0.25) is 11.8 Å². The predicted molar refractivity (Wildman–Crippen MR) is 110 cm³/mol. The van der Waals surface area contributed by atoms with E-state index in [9.17, 15) is 14.0 Å². The highest BCUT2D eigenvalue weighted by Crippen LogP contribution is 2.28. The Morgan fingerprint density at radius 3 is 2.59 bits per heavy atom. The molecule has 0 fully saturated rings. The van der Waals surface area contributed by atoms with Crippen molar-refractivity contribution in [3.63, 3.8) is 0 Å². The molecule has 0 bridgehead atoms. The average molecular weight is 415 g/mol. The van der Waals surface area contributed by atoms with E-state index < -0.39 is 5.82 Å². The average Bonchev–Trinajstić information content (AvgIpc) is 3.02. The van der Waals surface area contributed by atoms with Crippen LogP contribution >= 0.6 is 23.7 Å². The second kappa shape index (κ2) is 11.6. The van der Waals surface area contributed by atoms with Crippen molar-refractivity contribution >= 4 is 46.4 Å². The number of hydrogen-bond acceptors (Lipinski definition) is 5. The molecule has 0 aliphatic heterocycles. The third kappa shape index (κ3) is 7.62. The van der Waals surface area contributed by atoms with Crippen molar-refractivity contribution in [3.05, 3.63) is 29.4 Å². The maximum Gasteiger partial charge on any atom is 0.226 e. The molecule has 27 heavy (non-hydrogen) atoms. The molecule has 0 aliphatic rings. The minimum absolute atomic E-state index is 0. The van der Waals surface area contributed by atoms with Crippen LogP contribution in [0, 0.1) is 5.82 Å². The zero-order chi connectivity index (χ0) is 18.9. The summed E-state index contributed by atoms with van der Waals surface area (Å²) in [4.78, 5) is 27.2. The number of aromatic nitrogens is 1. The number of unbranched alkanes of at least 4 members (excludes halogenated alkanes) is 3. The van der Waals surface area contributed by atoms with Gasteiger partial charge in [-0.2, -0.15) is 0 Å². The Balaban J connectivity index is 0.00000364. The number of hydrogen-bond donors (Lipinski definition) is 3. The van der Waals surface area contributed by atoms with Gasteiger partial charge in [-0.25, -0.2) is 9.37 Å². The van der Waals surface area contributed by atoms with Gasteiger partial charge in [0.15, 0.2) is 5.13 Å². The molecule has 2 rings (SSSR count). The SMILES string of the molecule is CC(=O)Nc1ccc(-c2csc(NC(=O)CCCCCCN)n2)c(F)c1.Cl. The lowest BCUT2D eigenvalue weighted by molar-refractivity contribution is -0.116. The molecule has 6 nitrogen and oxygen atoms in total. The Morgan fingerprint density at radius 2 is 1.93 bits per heavy atom. The van der Waals surface area contributed by atoms with Crippen LogP contribution in [0.25, 0.3) is 11.3 Å². The first kappa shape index (κ1) is 23.0. The second-order valence-electron chi connectivity index (χ2n) is 5.91. The lowest BCUT2D eigenvalue weighted by atomic mass is 10.1. The Kier molecular flexibility index (Phi) is 9.92. The van der Waals surface area contributed by atoms with E-state index in [0.29, 0.717) is 35.0 Å². The van der Waals surface area contributed by atoms with Gasteiger partial charge < -0.3 is 16.4 Å². The van der Waals surface area contributed by atoms with Crippen molar-refractivity contribution in [3.8, 4) is 11.3 Å². The van der Waals surface area contributed by atoms with E-state index in [4.69, 9.17) is 5.73 Å². The van der Waals surface area contributed by atoms with Gasteiger partial charge in [0, 0.05) is 30.0 Å². The number of rotatable bonds is 9. The van der Waals surface area contributed by atoms with Crippen LogP contribution in [0.5, 0.6) is 0 Å². The van der Waals surface area contributed by atoms with Crippen LogP contribution in [0.4, 0.5) is 15.2 Å². The fourth-order valence-corrected chi connectivity index (χ4v) is 3.15. The van der Waals surface area contributed by atoms with E-state index in [1.807, 2.05) is 0 Å². The van der Waals surface area contributed by atoms with Gasteiger partial charge in [-0.15, -0.1) is 23.7 Å². The molecule has 2 amide bonds. The number of nitrogens with zero attached hydrogens (tertiary/aromatic N) is 1. The smallest absolute Gasteiger partial charge is 0.226 e. The van der Waals surface area contributed by atoms with Gasteiger partial charge in [-0.1, -0.05) is 12.8 Å². The van der Waals surface area contributed by atoms with Crippen molar-refractivity contribution in [1.29, 1.82) is 0 Å². The first-order valence-corrected chi connectivity index (χ1v) is 9.40. The summed E-state index contributed by atoms with van der Waals surface area (Å²) in [5.74, 6) is -0.849. The third-order valence-electron chi connectivity index (χ3n) is 3.67. The van der Waals surface area contributed by atoms with E-state index in [2.05, 4.69) is 15.6 Å². The molecule has 0 saturated heterocycles. The van der Waals surface area contributed by atoms with Crippen LogP contribution < -0.4 is 16.4 Å². The summed E-state index contributed by atoms with van der Waals surface area (Å²) in [6.07, 6.45) is 4.21. The number of halogens is 2. The molecule has 148 valence electrons. The molecule has 0 atom stereocenters. The fraction of sp³-hybridized carbons (Fsp3) is 0.389. The van der Waals surface area contributed by atoms with Crippen LogP contribution in [-0.4, -0.2) is 23.3 Å². The minimum Gasteiger partial charge on any atom is -0.330 e. The van der Waals surface area contributed by atoms with E-state index in [0.717, 1.165) is 25.7 Å². The van der Waals surface area contributed by atoms with Crippen LogP contribution in [0.3, 0.4) is 0 Å². The summed E-state index contributed by atoms with van der Waals surface area (Å²) in [6.45, 7) is 2.04. The topological polar surface area (TPSA) is 97.1 Å². The molecular weight excluding hydrogens is 391 g/mol. The van der Waals surface area contributed by atoms with Crippen molar-refractivity contribution in [1.82, 2.24) is 4.98 Å². The van der Waals surface area contributed by atoms with Crippen LogP contribution in [-0.2, 0) is 9.59 Å². The fourth-order valence-electron chi connectivity index (χ4n) is 2.42. The number of carbonyl (C=O) groups is 2. The highest BCUT2D eigenvalue weighted by atomic mass is 35.5. The van der Waals surface area contributed by atoms with Crippen molar-refractivity contribution in [2.75, 3.05) is 17.2 Å². The maximum absolute atomic E-state index is 14.2. The molecule has 1 aromatic heterocycles. The van der Waals surface area contributed by atoms with Crippen LogP contribution in [0.2, 0.25) is 0 Å². The lowest BCUT2D eigenvalue weighted by Gasteiger charge is -2.05. The lowest BCUT2D eigenvalue weighted by Crippen LogP contribution is -2.11. The van der Waals surface area contributed by atoms with Gasteiger partial charge in [-0.3, -0.25) is 9.59 Å². The Hall–Kier alpha value is -2.03. The van der Waals surface area contributed by atoms with E-state index in [1.165, 1.54) is 24.3 Å². The molecule has 0 unspecified atom stereocenters. The standard InChI is InChI=1S/C18H23FN4O2S.ClH/c1-12(24)21-13-7-8-14(15(19)10-13)16-11-26-18(22-16)23-17(25)6-4-2-3-5-9-20;/h7-8,10-11H,2-6,9,20H2,1H3,(H,21,24)(H,22,23,25);1H. The van der Waals surface area contributed by atoms with Crippen LogP contribution in [0.15, 0.2) is 23.6 Å². The molecule has 0 aliphatic carbocycles. The second-order valence-corrected chi connectivity index (χ2v) is 6.77. The summed E-state index contributed by atoms with van der Waals surface area (Å²) in [7, 11) is 0. The molecule has 0 saturated carbocycles. The molecule has 2 aromatic rings. The van der Waals surface area contributed by atoms with Crippen molar-refractivity contribution in [2.24, 2.45) is 5.73 Å². The van der Waals surface area contributed by atoms with Crippen molar-refractivity contribution in [2.45, 2.75) is 39.0 Å². The molecule has 0 radical (unpaired) electrons. The Bertz CT molecular complexity index is 770. The summed E-state index contributed by atoms with van der Waals surface area (Å²) >= 11 is 1.25. The highest BCUT2D eigenvalue weighted by molar-refractivity contribution is 7.14. The molecule has 0 spiro atoms. The first-order valence-electron chi connectivity index (χ1n) is 8.52. The normalized spacial score (nSPS) is 10.2. The number of nitrogens with one attached hydrogen (secondary N) is 2. The van der Waals surface area contributed by atoms with E-state index in [1.54, 1.807) is 17.5 Å². The number of benzene rings is 1. The van der Waals surface area contributed by atoms with Gasteiger partial charge in [-0.05, 0) is 37.6 Å². The zero-order valence-corrected chi connectivity index (χ0v) is 16.7. The number of carbonyl (C=O) groups excluding carboxylic acids is 2.